The van der Waals surface area contributed by atoms with E-state index in [0.717, 1.165) is 24.3 Å². The van der Waals surface area contributed by atoms with Gasteiger partial charge in [-0.1, -0.05) is 23.4 Å². The van der Waals surface area contributed by atoms with Gasteiger partial charge >= 0.3 is 12.2 Å². The van der Waals surface area contributed by atoms with Crippen molar-refractivity contribution in [3.63, 3.8) is 0 Å². The topological polar surface area (TPSA) is 101 Å². The average Bonchev–Trinajstić information content (AvgIpc) is 3.28. The van der Waals surface area contributed by atoms with E-state index in [9.17, 15) is 27.2 Å². The maximum absolute atomic E-state index is 13.7. The molecule has 0 atom stereocenters. The Balaban J connectivity index is 1.48. The first kappa shape index (κ1) is 23.4. The fraction of sp³-hybridized carbons (Fsp3) is 0.0435. The van der Waals surface area contributed by atoms with Crippen LogP contribution in [0.2, 0.25) is 0 Å². The quantitative estimate of drug-likeness (QED) is 0.334. The summed E-state index contributed by atoms with van der Waals surface area (Å²) in [4.78, 5) is 24.6. The minimum Gasteiger partial charge on any atom is -0.321 e. The molecule has 0 spiro atoms. The fourth-order valence-corrected chi connectivity index (χ4v) is 3.09. The third kappa shape index (κ3) is 5.61. The Kier molecular flexibility index (Phi) is 6.44. The monoisotopic (exact) mass is 484 g/mol. The van der Waals surface area contributed by atoms with E-state index < -0.39 is 35.3 Å². The van der Waals surface area contributed by atoms with Crippen LogP contribution < -0.4 is 16.0 Å². The van der Waals surface area contributed by atoms with Gasteiger partial charge in [-0.25, -0.2) is 13.9 Å². The van der Waals surface area contributed by atoms with Crippen LogP contribution in [0.25, 0.3) is 5.69 Å². The highest BCUT2D eigenvalue weighted by atomic mass is 19.4. The van der Waals surface area contributed by atoms with Gasteiger partial charge in [-0.3, -0.25) is 4.79 Å². The molecule has 0 saturated heterocycles. The van der Waals surface area contributed by atoms with E-state index in [0.29, 0.717) is 16.1 Å². The van der Waals surface area contributed by atoms with Gasteiger partial charge in [0.15, 0.2) is 11.4 Å². The fourth-order valence-electron chi connectivity index (χ4n) is 3.09. The summed E-state index contributed by atoms with van der Waals surface area (Å²) in [6, 6.07) is 18.0. The number of alkyl halides is 3. The summed E-state index contributed by atoms with van der Waals surface area (Å²) in [5.41, 5.74) is -1.34. The summed E-state index contributed by atoms with van der Waals surface area (Å²) >= 11 is 0. The molecule has 3 aromatic carbocycles. The van der Waals surface area contributed by atoms with E-state index in [1.165, 1.54) is 24.3 Å². The Morgan fingerprint density at radius 2 is 1.29 bits per heavy atom. The lowest BCUT2D eigenvalue weighted by Gasteiger charge is -2.12. The van der Waals surface area contributed by atoms with Gasteiger partial charge < -0.3 is 16.0 Å². The predicted molar refractivity (Wildman–Crippen MR) is 120 cm³/mol. The predicted octanol–water partition coefficient (Wildman–Crippen LogP) is 5.32. The first-order chi connectivity index (χ1) is 16.7. The highest BCUT2D eigenvalue weighted by Crippen LogP contribution is 2.33. The minimum absolute atomic E-state index is 0.116. The van der Waals surface area contributed by atoms with Gasteiger partial charge in [0.05, 0.1) is 5.69 Å². The van der Waals surface area contributed by atoms with E-state index in [-0.39, 0.29) is 11.4 Å². The molecular formula is C23H16F4N6O2. The molecule has 12 heteroatoms. The second-order valence-electron chi connectivity index (χ2n) is 7.15. The molecule has 0 bridgehead atoms. The summed E-state index contributed by atoms with van der Waals surface area (Å²) in [5.74, 6) is -1.79. The number of nitrogens with one attached hydrogen (secondary N) is 3. The third-order valence-corrected chi connectivity index (χ3v) is 4.66. The summed E-state index contributed by atoms with van der Waals surface area (Å²) in [7, 11) is 0. The molecule has 0 aliphatic carbocycles. The van der Waals surface area contributed by atoms with Gasteiger partial charge in [0.25, 0.3) is 5.91 Å². The second-order valence-corrected chi connectivity index (χ2v) is 7.15. The van der Waals surface area contributed by atoms with Gasteiger partial charge in [0.1, 0.15) is 5.82 Å². The van der Waals surface area contributed by atoms with Crippen LogP contribution in [0.15, 0.2) is 78.9 Å². The van der Waals surface area contributed by atoms with Crippen molar-refractivity contribution in [1.82, 2.24) is 15.0 Å². The molecule has 0 aliphatic rings. The first-order valence-corrected chi connectivity index (χ1v) is 10.0. The molecule has 8 nitrogen and oxygen atoms in total. The number of rotatable bonds is 5. The zero-order valence-corrected chi connectivity index (χ0v) is 17.7. The Bertz CT molecular complexity index is 1340. The van der Waals surface area contributed by atoms with Gasteiger partial charge in [0, 0.05) is 17.1 Å². The minimum atomic E-state index is -4.97. The summed E-state index contributed by atoms with van der Waals surface area (Å²) < 4.78 is 54.8. The van der Waals surface area contributed by atoms with E-state index in [4.69, 9.17) is 0 Å². The van der Waals surface area contributed by atoms with E-state index in [1.54, 1.807) is 30.3 Å². The average molecular weight is 484 g/mol. The molecule has 0 unspecified atom stereocenters. The van der Waals surface area contributed by atoms with Crippen LogP contribution in [-0.4, -0.2) is 26.9 Å². The highest BCUT2D eigenvalue weighted by molar-refractivity contribution is 6.04. The second kappa shape index (κ2) is 9.63. The van der Waals surface area contributed by atoms with Crippen LogP contribution >= 0.6 is 0 Å². The van der Waals surface area contributed by atoms with E-state index in [2.05, 4.69) is 26.3 Å². The molecule has 0 saturated carbocycles. The number of nitrogens with zero attached hydrogens (tertiary/aromatic N) is 3. The zero-order valence-electron chi connectivity index (χ0n) is 17.7. The number of carbonyl (C=O) groups is 2. The Labute approximate surface area is 195 Å². The number of amides is 3. The van der Waals surface area contributed by atoms with Gasteiger partial charge in [-0.05, 0) is 60.7 Å². The van der Waals surface area contributed by atoms with Crippen molar-refractivity contribution < 1.29 is 27.2 Å². The van der Waals surface area contributed by atoms with Crippen LogP contribution in [0.5, 0.6) is 0 Å². The number of halogens is 4. The number of aromatic nitrogens is 3. The van der Waals surface area contributed by atoms with Crippen molar-refractivity contribution in [2.75, 3.05) is 16.0 Å². The van der Waals surface area contributed by atoms with Crippen LogP contribution in [0.4, 0.5) is 39.4 Å². The van der Waals surface area contributed by atoms with Crippen molar-refractivity contribution >= 4 is 29.0 Å². The van der Waals surface area contributed by atoms with Crippen LogP contribution in [0.3, 0.4) is 0 Å². The third-order valence-electron chi connectivity index (χ3n) is 4.66. The number of hydrogen-bond acceptors (Lipinski definition) is 4. The molecule has 4 rings (SSSR count). The number of benzene rings is 3. The van der Waals surface area contributed by atoms with Crippen LogP contribution in [-0.2, 0) is 6.18 Å². The van der Waals surface area contributed by atoms with Crippen LogP contribution in [0.1, 0.15) is 16.2 Å². The summed E-state index contributed by atoms with van der Waals surface area (Å²) in [5, 5.41) is 14.4. The maximum Gasteiger partial charge on any atom is 0.435 e. The molecule has 3 N–H and O–H groups in total. The molecule has 0 fully saturated rings. The number of hydrogen-bond donors (Lipinski definition) is 3. The lowest BCUT2D eigenvalue weighted by Crippen LogP contribution is -2.21. The SMILES string of the molecule is O=C(Nc1ccccc1)Nc1ccc(NC(=O)c2nnn(-c3ccc(F)cc3)c2C(F)(F)F)cc1. The summed E-state index contributed by atoms with van der Waals surface area (Å²) in [6.45, 7) is 0. The molecule has 178 valence electrons. The van der Waals surface area contributed by atoms with Crippen molar-refractivity contribution in [2.24, 2.45) is 0 Å². The first-order valence-electron chi connectivity index (χ1n) is 10.0. The molecule has 35 heavy (non-hydrogen) atoms. The van der Waals surface area contributed by atoms with E-state index in [1.807, 2.05) is 0 Å². The van der Waals surface area contributed by atoms with Crippen molar-refractivity contribution in [2.45, 2.75) is 6.18 Å². The summed E-state index contributed by atoms with van der Waals surface area (Å²) in [6.07, 6.45) is -4.97. The molecule has 4 aromatic rings. The number of carbonyl (C=O) groups excluding carboxylic acids is 2. The number of para-hydroxylation sites is 1. The Morgan fingerprint density at radius 1 is 0.743 bits per heavy atom. The standard InChI is InChI=1S/C23H16F4N6O2/c24-14-6-12-18(13-7-14)33-20(23(25,26)27)19(31-32-33)21(34)28-16-8-10-17(11-9-16)30-22(35)29-15-4-2-1-3-5-15/h1-13H,(H,28,34)(H2,29,30,35). The van der Waals surface area contributed by atoms with Crippen LogP contribution in [0, 0.1) is 5.82 Å². The van der Waals surface area contributed by atoms with Gasteiger partial charge in [-0.15, -0.1) is 5.10 Å². The largest absolute Gasteiger partial charge is 0.435 e. The van der Waals surface area contributed by atoms with Gasteiger partial charge in [0.2, 0.25) is 0 Å². The lowest BCUT2D eigenvalue weighted by molar-refractivity contribution is -0.143. The smallest absolute Gasteiger partial charge is 0.321 e. The van der Waals surface area contributed by atoms with Crippen molar-refractivity contribution in [3.8, 4) is 5.69 Å². The number of urea groups is 1. The molecule has 0 aliphatic heterocycles. The molecule has 1 heterocycles. The lowest BCUT2D eigenvalue weighted by atomic mass is 10.2. The molecule has 1 aromatic heterocycles. The Hall–Kier alpha value is -4.74. The van der Waals surface area contributed by atoms with Crippen molar-refractivity contribution in [1.29, 1.82) is 0 Å². The van der Waals surface area contributed by atoms with Crippen molar-refractivity contribution in [3.05, 3.63) is 96.1 Å². The molecule has 3 amide bonds. The normalized spacial score (nSPS) is 11.1. The maximum atomic E-state index is 13.7. The molecule has 0 radical (unpaired) electrons. The zero-order chi connectivity index (χ0) is 25.0. The van der Waals surface area contributed by atoms with E-state index >= 15 is 0 Å². The van der Waals surface area contributed by atoms with Gasteiger partial charge in [-0.2, -0.15) is 13.2 Å². The highest BCUT2D eigenvalue weighted by Gasteiger charge is 2.42. The number of anilines is 3. The Morgan fingerprint density at radius 3 is 1.86 bits per heavy atom. The molecular weight excluding hydrogens is 468 g/mol.